The normalized spacial score (nSPS) is 10.2. The first-order valence-electron chi connectivity index (χ1n) is 5.39. The highest BCUT2D eigenvalue weighted by molar-refractivity contribution is 6.32. The zero-order valence-electron chi connectivity index (χ0n) is 9.61. The Hall–Kier alpha value is -1.67. The van der Waals surface area contributed by atoms with Crippen molar-refractivity contribution in [1.29, 1.82) is 0 Å². The molecule has 0 fully saturated rings. The first-order chi connectivity index (χ1) is 8.16. The van der Waals surface area contributed by atoms with Gasteiger partial charge in [-0.2, -0.15) is 0 Å². The van der Waals surface area contributed by atoms with Crippen molar-refractivity contribution in [3.8, 4) is 5.75 Å². The summed E-state index contributed by atoms with van der Waals surface area (Å²) >= 11 is 6.00. The molecule has 0 heterocycles. The number of aryl methyl sites for hydroxylation is 1. The Morgan fingerprint density at radius 2 is 1.94 bits per heavy atom. The highest BCUT2D eigenvalue weighted by atomic mass is 35.5. The van der Waals surface area contributed by atoms with E-state index in [2.05, 4.69) is 0 Å². The van der Waals surface area contributed by atoms with E-state index in [1.165, 1.54) is 0 Å². The second-order valence-electron chi connectivity index (χ2n) is 3.92. The minimum Gasteiger partial charge on any atom is -0.487 e. The van der Waals surface area contributed by atoms with Gasteiger partial charge >= 0.3 is 0 Å². The summed E-state index contributed by atoms with van der Waals surface area (Å²) in [7, 11) is 0. The van der Waals surface area contributed by atoms with E-state index >= 15 is 0 Å². The molecule has 0 amide bonds. The van der Waals surface area contributed by atoms with Gasteiger partial charge in [-0.25, -0.2) is 0 Å². The van der Waals surface area contributed by atoms with Crippen LogP contribution in [0.2, 0.25) is 5.02 Å². The molecule has 2 N–H and O–H groups in total. The Kier molecular flexibility index (Phi) is 3.55. The SMILES string of the molecule is Cc1ccc(COc2ccccc2Cl)c(N)c1. The van der Waals surface area contributed by atoms with Crippen molar-refractivity contribution in [3.63, 3.8) is 0 Å². The van der Waals surface area contributed by atoms with E-state index in [1.807, 2.05) is 43.3 Å². The predicted molar refractivity (Wildman–Crippen MR) is 71.4 cm³/mol. The third kappa shape index (κ3) is 2.92. The summed E-state index contributed by atoms with van der Waals surface area (Å²) in [4.78, 5) is 0. The molecular formula is C14H14ClNO. The molecule has 0 aromatic heterocycles. The lowest BCUT2D eigenvalue weighted by atomic mass is 10.1. The van der Waals surface area contributed by atoms with E-state index in [1.54, 1.807) is 6.07 Å². The average Bonchev–Trinajstić information content (AvgIpc) is 2.30. The topological polar surface area (TPSA) is 35.2 Å². The number of rotatable bonds is 3. The number of anilines is 1. The lowest BCUT2D eigenvalue weighted by Gasteiger charge is -2.10. The Morgan fingerprint density at radius 3 is 2.65 bits per heavy atom. The molecule has 88 valence electrons. The van der Waals surface area contributed by atoms with Crippen LogP contribution in [0, 0.1) is 6.92 Å². The van der Waals surface area contributed by atoms with Crippen molar-refractivity contribution in [2.75, 3.05) is 5.73 Å². The fourth-order valence-electron chi connectivity index (χ4n) is 1.56. The lowest BCUT2D eigenvalue weighted by molar-refractivity contribution is 0.307. The number of para-hydroxylation sites is 1. The second kappa shape index (κ2) is 5.11. The fourth-order valence-corrected chi connectivity index (χ4v) is 1.75. The summed E-state index contributed by atoms with van der Waals surface area (Å²) in [5.41, 5.74) is 8.77. The monoisotopic (exact) mass is 247 g/mol. The van der Waals surface area contributed by atoms with Gasteiger partial charge in [0.15, 0.2) is 0 Å². The van der Waals surface area contributed by atoms with Crippen LogP contribution in [0.15, 0.2) is 42.5 Å². The van der Waals surface area contributed by atoms with Crippen LogP contribution in [0.25, 0.3) is 0 Å². The molecule has 0 saturated carbocycles. The second-order valence-corrected chi connectivity index (χ2v) is 4.33. The van der Waals surface area contributed by atoms with E-state index in [4.69, 9.17) is 22.1 Å². The Balaban J connectivity index is 2.10. The van der Waals surface area contributed by atoms with E-state index in [0.717, 1.165) is 16.8 Å². The first kappa shape index (κ1) is 11.8. The molecule has 2 aromatic carbocycles. The van der Waals surface area contributed by atoms with Gasteiger partial charge in [0.2, 0.25) is 0 Å². The fraction of sp³-hybridized carbons (Fsp3) is 0.143. The van der Waals surface area contributed by atoms with Crippen LogP contribution in [0.1, 0.15) is 11.1 Å². The molecule has 0 saturated heterocycles. The van der Waals surface area contributed by atoms with Gasteiger partial charge in [-0.1, -0.05) is 35.9 Å². The van der Waals surface area contributed by atoms with Gasteiger partial charge in [0, 0.05) is 11.3 Å². The highest BCUT2D eigenvalue weighted by Gasteiger charge is 2.03. The zero-order valence-corrected chi connectivity index (χ0v) is 10.4. The molecule has 0 unspecified atom stereocenters. The van der Waals surface area contributed by atoms with Gasteiger partial charge < -0.3 is 10.5 Å². The van der Waals surface area contributed by atoms with Gasteiger partial charge in [0.1, 0.15) is 12.4 Å². The van der Waals surface area contributed by atoms with Gasteiger partial charge in [0.25, 0.3) is 0 Å². The molecular weight excluding hydrogens is 234 g/mol. The Morgan fingerprint density at radius 1 is 1.18 bits per heavy atom. The van der Waals surface area contributed by atoms with Crippen molar-refractivity contribution in [1.82, 2.24) is 0 Å². The van der Waals surface area contributed by atoms with Crippen molar-refractivity contribution < 1.29 is 4.74 Å². The molecule has 17 heavy (non-hydrogen) atoms. The summed E-state index contributed by atoms with van der Waals surface area (Å²) in [5, 5.41) is 0.609. The van der Waals surface area contributed by atoms with E-state index in [9.17, 15) is 0 Å². The maximum atomic E-state index is 6.00. The van der Waals surface area contributed by atoms with Crippen molar-refractivity contribution in [3.05, 3.63) is 58.6 Å². The summed E-state index contributed by atoms with van der Waals surface area (Å²) < 4.78 is 5.63. The number of ether oxygens (including phenoxy) is 1. The molecule has 0 aliphatic heterocycles. The van der Waals surface area contributed by atoms with Crippen molar-refractivity contribution >= 4 is 17.3 Å². The van der Waals surface area contributed by atoms with Crippen LogP contribution in [0.5, 0.6) is 5.75 Å². The van der Waals surface area contributed by atoms with Crippen LogP contribution in [-0.4, -0.2) is 0 Å². The standard InChI is InChI=1S/C14H14ClNO/c1-10-6-7-11(13(16)8-10)9-17-14-5-3-2-4-12(14)15/h2-8H,9,16H2,1H3. The molecule has 2 rings (SSSR count). The van der Waals surface area contributed by atoms with Gasteiger partial charge in [-0.3, -0.25) is 0 Å². The first-order valence-corrected chi connectivity index (χ1v) is 5.77. The molecule has 0 bridgehead atoms. The Labute approximate surface area is 106 Å². The number of nitrogen functional groups attached to an aromatic ring is 1. The summed E-state index contributed by atoms with van der Waals surface area (Å²) in [5.74, 6) is 0.675. The third-order valence-electron chi connectivity index (χ3n) is 2.52. The zero-order chi connectivity index (χ0) is 12.3. The molecule has 0 aliphatic carbocycles. The Bertz CT molecular complexity index is 525. The molecule has 0 aliphatic rings. The smallest absolute Gasteiger partial charge is 0.138 e. The molecule has 0 spiro atoms. The van der Waals surface area contributed by atoms with Crippen LogP contribution in [0.3, 0.4) is 0 Å². The van der Waals surface area contributed by atoms with Crippen LogP contribution in [0.4, 0.5) is 5.69 Å². The number of nitrogens with two attached hydrogens (primary N) is 1. The average molecular weight is 248 g/mol. The highest BCUT2D eigenvalue weighted by Crippen LogP contribution is 2.25. The molecule has 3 heteroatoms. The number of benzene rings is 2. The van der Waals surface area contributed by atoms with E-state index in [-0.39, 0.29) is 0 Å². The molecule has 0 radical (unpaired) electrons. The number of hydrogen-bond acceptors (Lipinski definition) is 2. The van der Waals surface area contributed by atoms with Crippen LogP contribution < -0.4 is 10.5 Å². The molecule has 2 aromatic rings. The van der Waals surface area contributed by atoms with Gasteiger partial charge in [-0.05, 0) is 30.7 Å². The maximum absolute atomic E-state index is 6.00. The summed E-state index contributed by atoms with van der Waals surface area (Å²) in [6.45, 7) is 2.44. The quantitative estimate of drug-likeness (QED) is 0.837. The van der Waals surface area contributed by atoms with Gasteiger partial charge in [-0.15, -0.1) is 0 Å². The predicted octanol–water partition coefficient (Wildman–Crippen LogP) is 3.81. The third-order valence-corrected chi connectivity index (χ3v) is 2.83. The van der Waals surface area contributed by atoms with Crippen LogP contribution >= 0.6 is 11.6 Å². The van der Waals surface area contributed by atoms with Crippen molar-refractivity contribution in [2.24, 2.45) is 0 Å². The number of hydrogen-bond donors (Lipinski definition) is 1. The number of halogens is 1. The lowest BCUT2D eigenvalue weighted by Crippen LogP contribution is -2.00. The minimum atomic E-state index is 0.426. The van der Waals surface area contributed by atoms with Gasteiger partial charge in [0.05, 0.1) is 5.02 Å². The van der Waals surface area contributed by atoms with E-state index < -0.39 is 0 Å². The molecule has 0 atom stereocenters. The van der Waals surface area contributed by atoms with Crippen molar-refractivity contribution in [2.45, 2.75) is 13.5 Å². The molecule has 2 nitrogen and oxygen atoms in total. The summed E-state index contributed by atoms with van der Waals surface area (Å²) in [6.07, 6.45) is 0. The largest absolute Gasteiger partial charge is 0.487 e. The maximum Gasteiger partial charge on any atom is 0.138 e. The minimum absolute atomic E-state index is 0.426. The van der Waals surface area contributed by atoms with Crippen LogP contribution in [-0.2, 0) is 6.61 Å². The summed E-state index contributed by atoms with van der Waals surface area (Å²) in [6, 6.07) is 13.3. The van der Waals surface area contributed by atoms with E-state index in [0.29, 0.717) is 17.4 Å².